The number of nitrogens with one attached hydrogen (secondary N) is 1. The molecule has 1 aromatic heterocycles. The highest BCUT2D eigenvalue weighted by molar-refractivity contribution is 6.42. The molecule has 2 fully saturated rings. The Kier molecular flexibility index (Phi) is 7.86. The first-order valence-electron chi connectivity index (χ1n) is 12.7. The van der Waals surface area contributed by atoms with Crippen LogP contribution in [0.3, 0.4) is 0 Å². The lowest BCUT2D eigenvalue weighted by molar-refractivity contribution is -0.117. The number of piperidine rings is 1. The molecule has 0 radical (unpaired) electrons. The third-order valence-corrected chi connectivity index (χ3v) is 8.51. The van der Waals surface area contributed by atoms with Gasteiger partial charge in [0.05, 0.1) is 22.1 Å². The first-order chi connectivity index (χ1) is 17.1. The maximum absolute atomic E-state index is 12.6. The van der Waals surface area contributed by atoms with Crippen LogP contribution >= 0.6 is 23.2 Å². The molecule has 0 spiro atoms. The first-order valence-corrected chi connectivity index (χ1v) is 13.5. The van der Waals surface area contributed by atoms with Crippen molar-refractivity contribution in [1.82, 2.24) is 14.9 Å². The minimum Gasteiger partial charge on any atom is -0.362 e. The molecule has 2 unspecified atom stereocenters. The number of halogens is 2. The lowest BCUT2D eigenvalue weighted by Gasteiger charge is -2.36. The number of Topliss-reactive ketones (excluding diaryl/α,β-unsaturated/α-hetero) is 1. The summed E-state index contributed by atoms with van der Waals surface area (Å²) in [5.41, 5.74) is 2.19. The van der Waals surface area contributed by atoms with Gasteiger partial charge >= 0.3 is 0 Å². The number of hydrogen-bond donors (Lipinski definition) is 1. The predicted octanol–water partition coefficient (Wildman–Crippen LogP) is 6.75. The second-order valence-electron chi connectivity index (χ2n) is 9.99. The highest BCUT2D eigenvalue weighted by Crippen LogP contribution is 2.36. The SMILES string of the molecule is O=C(CCC1CCC(N2CCC(c3ccccc3)CC2)C1)CNc1ncnc2cc(Cl)c(Cl)cc12. The summed E-state index contributed by atoms with van der Waals surface area (Å²) in [6, 6.07) is 15.1. The number of hydrogen-bond acceptors (Lipinski definition) is 5. The van der Waals surface area contributed by atoms with Gasteiger partial charge in [-0.05, 0) is 81.1 Å². The summed E-state index contributed by atoms with van der Waals surface area (Å²) in [7, 11) is 0. The Morgan fingerprint density at radius 2 is 1.77 bits per heavy atom. The van der Waals surface area contributed by atoms with E-state index in [0.29, 0.717) is 45.7 Å². The summed E-state index contributed by atoms with van der Waals surface area (Å²) in [6.45, 7) is 2.65. The number of anilines is 1. The van der Waals surface area contributed by atoms with Crippen LogP contribution in [-0.4, -0.2) is 46.3 Å². The van der Waals surface area contributed by atoms with E-state index in [2.05, 4.69) is 50.5 Å². The third-order valence-electron chi connectivity index (χ3n) is 7.79. The Labute approximate surface area is 217 Å². The fourth-order valence-corrected chi connectivity index (χ4v) is 6.11. The Balaban J connectivity index is 1.06. The van der Waals surface area contributed by atoms with E-state index in [1.54, 1.807) is 12.1 Å². The molecule has 1 saturated heterocycles. The molecule has 1 aliphatic heterocycles. The average Bonchev–Trinajstić information content (AvgIpc) is 3.37. The molecule has 5 rings (SSSR count). The smallest absolute Gasteiger partial charge is 0.151 e. The molecule has 0 bridgehead atoms. The standard InChI is InChI=1S/C28H32Cl2N4O/c29-25-15-24-27(16-26(25)30)32-18-33-28(24)31-17-23(35)9-7-19-6-8-22(14-19)34-12-10-21(11-13-34)20-4-2-1-3-5-20/h1-5,15-16,18-19,21-22H,6-14,17H2,(H,31,32,33). The lowest BCUT2D eigenvalue weighted by Crippen LogP contribution is -2.39. The molecular formula is C28H32Cl2N4O. The Morgan fingerprint density at radius 1 is 1.00 bits per heavy atom. The van der Waals surface area contributed by atoms with Gasteiger partial charge in [-0.15, -0.1) is 0 Å². The van der Waals surface area contributed by atoms with Gasteiger partial charge in [-0.2, -0.15) is 0 Å². The zero-order valence-corrected chi connectivity index (χ0v) is 21.4. The molecule has 1 saturated carbocycles. The van der Waals surface area contributed by atoms with Crippen LogP contribution < -0.4 is 5.32 Å². The Hall–Kier alpha value is -2.21. The topological polar surface area (TPSA) is 58.1 Å². The van der Waals surface area contributed by atoms with Gasteiger partial charge < -0.3 is 10.2 Å². The van der Waals surface area contributed by atoms with E-state index in [4.69, 9.17) is 23.2 Å². The number of fused-ring (bicyclic) bond motifs is 1. The minimum atomic E-state index is 0.212. The van der Waals surface area contributed by atoms with E-state index in [9.17, 15) is 4.79 Å². The molecule has 1 N–H and O–H groups in total. The fourth-order valence-electron chi connectivity index (χ4n) is 5.79. The minimum absolute atomic E-state index is 0.212. The maximum atomic E-state index is 12.6. The largest absolute Gasteiger partial charge is 0.362 e. The van der Waals surface area contributed by atoms with E-state index >= 15 is 0 Å². The molecule has 2 heterocycles. The molecule has 2 aromatic carbocycles. The fraction of sp³-hybridized carbons (Fsp3) is 0.464. The normalized spacial score (nSPS) is 21.4. The number of ketones is 1. The van der Waals surface area contributed by atoms with Crippen LogP contribution in [0.15, 0.2) is 48.8 Å². The van der Waals surface area contributed by atoms with Crippen molar-refractivity contribution >= 4 is 45.7 Å². The second kappa shape index (κ2) is 11.2. The Bertz CT molecular complexity index is 1160. The summed E-state index contributed by atoms with van der Waals surface area (Å²) in [5, 5.41) is 4.85. The monoisotopic (exact) mass is 510 g/mol. The van der Waals surface area contributed by atoms with Crippen LogP contribution in [0.4, 0.5) is 5.82 Å². The maximum Gasteiger partial charge on any atom is 0.151 e. The second-order valence-corrected chi connectivity index (χ2v) is 10.8. The summed E-state index contributed by atoms with van der Waals surface area (Å²) < 4.78 is 0. The summed E-state index contributed by atoms with van der Waals surface area (Å²) in [5.74, 6) is 2.18. The van der Waals surface area contributed by atoms with Crippen molar-refractivity contribution in [1.29, 1.82) is 0 Å². The van der Waals surface area contributed by atoms with Gasteiger partial charge in [0.1, 0.15) is 12.1 Å². The van der Waals surface area contributed by atoms with Gasteiger partial charge in [0.15, 0.2) is 5.78 Å². The van der Waals surface area contributed by atoms with Crippen molar-refractivity contribution in [2.75, 3.05) is 25.0 Å². The number of benzene rings is 2. The zero-order chi connectivity index (χ0) is 24.2. The van der Waals surface area contributed by atoms with Gasteiger partial charge in [-0.1, -0.05) is 53.5 Å². The molecule has 2 aliphatic rings. The molecule has 0 amide bonds. The molecule has 5 nitrogen and oxygen atoms in total. The first kappa shape index (κ1) is 24.5. The van der Waals surface area contributed by atoms with E-state index in [0.717, 1.165) is 11.8 Å². The van der Waals surface area contributed by atoms with Crippen molar-refractivity contribution in [3.63, 3.8) is 0 Å². The van der Waals surface area contributed by atoms with Crippen molar-refractivity contribution in [3.05, 3.63) is 64.4 Å². The van der Waals surface area contributed by atoms with Crippen molar-refractivity contribution in [2.24, 2.45) is 5.92 Å². The quantitative estimate of drug-likeness (QED) is 0.363. The van der Waals surface area contributed by atoms with Gasteiger partial charge in [0, 0.05) is 17.8 Å². The van der Waals surface area contributed by atoms with Crippen molar-refractivity contribution < 1.29 is 4.79 Å². The summed E-state index contributed by atoms with van der Waals surface area (Å²) >= 11 is 12.3. The summed E-state index contributed by atoms with van der Waals surface area (Å²) in [6.07, 6.45) is 9.30. The molecule has 3 aromatic rings. The lowest BCUT2D eigenvalue weighted by atomic mass is 9.88. The van der Waals surface area contributed by atoms with Crippen molar-refractivity contribution in [3.8, 4) is 0 Å². The van der Waals surface area contributed by atoms with Crippen molar-refractivity contribution in [2.45, 2.75) is 56.9 Å². The number of rotatable bonds is 8. The molecule has 184 valence electrons. The number of aromatic nitrogens is 2. The van der Waals surface area contributed by atoms with E-state index in [1.165, 1.54) is 57.1 Å². The molecule has 7 heteroatoms. The number of likely N-dealkylation sites (tertiary alicyclic amines) is 1. The average molecular weight is 511 g/mol. The van der Waals surface area contributed by atoms with Crippen LogP contribution in [-0.2, 0) is 4.79 Å². The highest BCUT2D eigenvalue weighted by Gasteiger charge is 2.32. The predicted molar refractivity (Wildman–Crippen MR) is 143 cm³/mol. The number of nitrogens with zero attached hydrogens (tertiary/aromatic N) is 3. The van der Waals surface area contributed by atoms with Crippen LogP contribution in [0.1, 0.15) is 56.4 Å². The zero-order valence-electron chi connectivity index (χ0n) is 19.9. The van der Waals surface area contributed by atoms with Gasteiger partial charge in [-0.25, -0.2) is 9.97 Å². The van der Waals surface area contributed by atoms with Crippen LogP contribution in [0, 0.1) is 5.92 Å². The van der Waals surface area contributed by atoms with Crippen LogP contribution in [0.25, 0.3) is 10.9 Å². The Morgan fingerprint density at radius 3 is 2.57 bits per heavy atom. The van der Waals surface area contributed by atoms with E-state index in [-0.39, 0.29) is 12.3 Å². The van der Waals surface area contributed by atoms with E-state index in [1.807, 2.05) is 0 Å². The molecule has 1 aliphatic carbocycles. The van der Waals surface area contributed by atoms with Crippen LogP contribution in [0.2, 0.25) is 10.0 Å². The molecular weight excluding hydrogens is 479 g/mol. The van der Waals surface area contributed by atoms with Crippen LogP contribution in [0.5, 0.6) is 0 Å². The molecule has 35 heavy (non-hydrogen) atoms. The highest BCUT2D eigenvalue weighted by atomic mass is 35.5. The van der Waals surface area contributed by atoms with Gasteiger partial charge in [0.25, 0.3) is 0 Å². The third kappa shape index (κ3) is 5.96. The van der Waals surface area contributed by atoms with E-state index < -0.39 is 0 Å². The molecule has 2 atom stereocenters. The van der Waals surface area contributed by atoms with Gasteiger partial charge in [0.2, 0.25) is 0 Å². The number of carbonyl (C=O) groups is 1. The number of carbonyl (C=O) groups excluding carboxylic acids is 1. The van der Waals surface area contributed by atoms with Gasteiger partial charge in [-0.3, -0.25) is 4.79 Å². The summed E-state index contributed by atoms with van der Waals surface area (Å²) in [4.78, 5) is 23.9.